The summed E-state index contributed by atoms with van der Waals surface area (Å²) in [6.45, 7) is 10.1. The van der Waals surface area contributed by atoms with E-state index in [0.29, 0.717) is 18.0 Å². The zero-order valence-electron chi connectivity index (χ0n) is 13.5. The topological polar surface area (TPSA) is 63.1 Å². The highest BCUT2D eigenvalue weighted by molar-refractivity contribution is 7.99. The van der Waals surface area contributed by atoms with E-state index in [0.717, 1.165) is 12.2 Å². The number of rotatable bonds is 9. The van der Waals surface area contributed by atoms with Crippen molar-refractivity contribution in [3.8, 4) is 0 Å². The molecule has 21 heavy (non-hydrogen) atoms. The number of aromatic nitrogens is 1. The maximum absolute atomic E-state index is 12.4. The lowest BCUT2D eigenvalue weighted by atomic mass is 10.3. The second-order valence-electron chi connectivity index (χ2n) is 5.35. The normalized spacial score (nSPS) is 13.8. The highest BCUT2D eigenvalue weighted by Gasteiger charge is 2.19. The summed E-state index contributed by atoms with van der Waals surface area (Å²) in [6.07, 6.45) is 3.70. The summed E-state index contributed by atoms with van der Waals surface area (Å²) in [5.74, 6) is 0. The van der Waals surface area contributed by atoms with Crippen LogP contribution in [0.1, 0.15) is 39.4 Å². The van der Waals surface area contributed by atoms with E-state index in [-0.39, 0.29) is 11.3 Å². The average Bonchev–Trinajstić information content (AvgIpc) is 2.87. The van der Waals surface area contributed by atoms with E-state index in [2.05, 4.69) is 23.9 Å². The Bertz CT molecular complexity index is 538. The van der Waals surface area contributed by atoms with Crippen LogP contribution in [0.15, 0.2) is 17.2 Å². The molecule has 1 aromatic heterocycles. The molecule has 0 aliphatic carbocycles. The molecule has 1 unspecified atom stereocenters. The van der Waals surface area contributed by atoms with Crippen LogP contribution < -0.4 is 10.0 Å². The molecule has 1 atom stereocenters. The lowest BCUT2D eigenvalue weighted by Crippen LogP contribution is -2.29. The van der Waals surface area contributed by atoms with Crippen molar-refractivity contribution in [2.75, 3.05) is 19.3 Å². The summed E-state index contributed by atoms with van der Waals surface area (Å²) in [6, 6.07) is 1.99. The predicted octanol–water partition coefficient (Wildman–Crippen LogP) is 2.21. The Kier molecular flexibility index (Phi) is 7.26. The first kappa shape index (κ1) is 18.5. The van der Waals surface area contributed by atoms with Gasteiger partial charge in [0.2, 0.25) is 10.0 Å². The molecular formula is C14H27N3O2S2. The van der Waals surface area contributed by atoms with E-state index in [1.807, 2.05) is 24.7 Å². The fraction of sp³-hybridized carbons (Fsp3) is 0.714. The van der Waals surface area contributed by atoms with Crippen molar-refractivity contribution >= 4 is 21.8 Å². The standard InChI is InChI=1S/C14H27N3O2S2/c1-6-15-9-13-7-14(10-17(13)11(2)3)21(18,19)16-8-12(4)20-5/h7,10-12,15-16H,6,8-9H2,1-5H3. The van der Waals surface area contributed by atoms with Gasteiger partial charge in [0.1, 0.15) is 0 Å². The van der Waals surface area contributed by atoms with Crippen molar-refractivity contribution in [1.29, 1.82) is 0 Å². The van der Waals surface area contributed by atoms with Gasteiger partial charge in [-0.05, 0) is 32.7 Å². The van der Waals surface area contributed by atoms with Crippen LogP contribution in [0.2, 0.25) is 0 Å². The number of thioether (sulfide) groups is 1. The summed E-state index contributed by atoms with van der Waals surface area (Å²) in [5.41, 5.74) is 0.991. The Balaban J connectivity index is 2.96. The van der Waals surface area contributed by atoms with Gasteiger partial charge in [0, 0.05) is 36.3 Å². The Labute approximate surface area is 132 Å². The first-order valence-electron chi connectivity index (χ1n) is 7.25. The average molecular weight is 334 g/mol. The van der Waals surface area contributed by atoms with Crippen LogP contribution >= 0.6 is 11.8 Å². The molecule has 2 N–H and O–H groups in total. The molecule has 5 nitrogen and oxygen atoms in total. The van der Waals surface area contributed by atoms with Crippen LogP contribution in [0.4, 0.5) is 0 Å². The first-order valence-corrected chi connectivity index (χ1v) is 10.0. The molecule has 0 aliphatic rings. The highest BCUT2D eigenvalue weighted by atomic mass is 32.2. The van der Waals surface area contributed by atoms with E-state index < -0.39 is 10.0 Å². The first-order chi connectivity index (χ1) is 9.81. The van der Waals surface area contributed by atoms with E-state index in [1.165, 1.54) is 0 Å². The van der Waals surface area contributed by atoms with Crippen molar-refractivity contribution in [1.82, 2.24) is 14.6 Å². The molecule has 0 amide bonds. The maximum Gasteiger partial charge on any atom is 0.242 e. The largest absolute Gasteiger partial charge is 0.346 e. The number of nitrogens with one attached hydrogen (secondary N) is 2. The molecule has 0 saturated heterocycles. The molecule has 1 aromatic rings. The molecule has 1 rings (SSSR count). The molecule has 0 saturated carbocycles. The Morgan fingerprint density at radius 3 is 2.52 bits per heavy atom. The molecule has 0 spiro atoms. The summed E-state index contributed by atoms with van der Waals surface area (Å²) in [4.78, 5) is 0.345. The molecule has 0 aromatic carbocycles. The minimum atomic E-state index is -3.44. The van der Waals surface area contributed by atoms with E-state index >= 15 is 0 Å². The van der Waals surface area contributed by atoms with Gasteiger partial charge in [-0.2, -0.15) is 11.8 Å². The highest BCUT2D eigenvalue weighted by Crippen LogP contribution is 2.19. The molecule has 1 heterocycles. The molecule has 0 radical (unpaired) electrons. The zero-order valence-corrected chi connectivity index (χ0v) is 15.1. The molecule has 0 bridgehead atoms. The summed E-state index contributed by atoms with van der Waals surface area (Å²) < 4.78 is 29.4. The lowest BCUT2D eigenvalue weighted by molar-refractivity contribution is 0.554. The number of sulfonamides is 1. The van der Waals surface area contributed by atoms with Crippen LogP contribution in [0.25, 0.3) is 0 Å². The van der Waals surface area contributed by atoms with Gasteiger partial charge in [0.05, 0.1) is 4.90 Å². The van der Waals surface area contributed by atoms with Crippen LogP contribution in [-0.2, 0) is 16.6 Å². The van der Waals surface area contributed by atoms with Gasteiger partial charge in [0.25, 0.3) is 0 Å². The van der Waals surface area contributed by atoms with Crippen molar-refractivity contribution in [3.63, 3.8) is 0 Å². The number of nitrogens with zero attached hydrogens (tertiary/aromatic N) is 1. The Hall–Kier alpha value is -0.500. The minimum absolute atomic E-state index is 0.229. The second-order valence-corrected chi connectivity index (χ2v) is 8.39. The molecule has 0 fully saturated rings. The Morgan fingerprint density at radius 2 is 2.00 bits per heavy atom. The van der Waals surface area contributed by atoms with Crippen molar-refractivity contribution in [2.24, 2.45) is 0 Å². The third-order valence-electron chi connectivity index (χ3n) is 3.29. The lowest BCUT2D eigenvalue weighted by Gasteiger charge is -2.12. The fourth-order valence-corrected chi connectivity index (χ4v) is 3.45. The van der Waals surface area contributed by atoms with Gasteiger partial charge in [-0.3, -0.25) is 0 Å². The van der Waals surface area contributed by atoms with Crippen LogP contribution in [-0.4, -0.2) is 37.6 Å². The quantitative estimate of drug-likeness (QED) is 0.727. The molecular weight excluding hydrogens is 306 g/mol. The SMILES string of the molecule is CCNCc1cc(S(=O)(=O)NCC(C)SC)cn1C(C)C. The smallest absolute Gasteiger partial charge is 0.242 e. The maximum atomic E-state index is 12.4. The van der Waals surface area contributed by atoms with Gasteiger partial charge in [0.15, 0.2) is 0 Å². The third kappa shape index (κ3) is 5.32. The van der Waals surface area contributed by atoms with Gasteiger partial charge in [-0.1, -0.05) is 13.8 Å². The van der Waals surface area contributed by atoms with Crippen LogP contribution in [0.5, 0.6) is 0 Å². The molecule has 0 aliphatic heterocycles. The van der Waals surface area contributed by atoms with E-state index in [9.17, 15) is 8.42 Å². The van der Waals surface area contributed by atoms with Crippen molar-refractivity contribution < 1.29 is 8.42 Å². The minimum Gasteiger partial charge on any atom is -0.346 e. The third-order valence-corrected chi connectivity index (χ3v) is 5.65. The fourth-order valence-electron chi connectivity index (χ4n) is 1.91. The molecule has 122 valence electrons. The van der Waals surface area contributed by atoms with E-state index in [4.69, 9.17) is 0 Å². The van der Waals surface area contributed by atoms with Crippen LogP contribution in [0.3, 0.4) is 0 Å². The van der Waals surface area contributed by atoms with Gasteiger partial charge < -0.3 is 9.88 Å². The van der Waals surface area contributed by atoms with Gasteiger partial charge in [-0.25, -0.2) is 13.1 Å². The van der Waals surface area contributed by atoms with E-state index in [1.54, 1.807) is 24.0 Å². The summed E-state index contributed by atoms with van der Waals surface area (Å²) in [7, 11) is -3.44. The summed E-state index contributed by atoms with van der Waals surface area (Å²) in [5, 5.41) is 3.50. The number of hydrogen-bond acceptors (Lipinski definition) is 4. The zero-order chi connectivity index (χ0) is 16.0. The Morgan fingerprint density at radius 1 is 1.33 bits per heavy atom. The second kappa shape index (κ2) is 8.22. The van der Waals surface area contributed by atoms with Crippen LogP contribution in [0, 0.1) is 0 Å². The molecule has 7 heteroatoms. The van der Waals surface area contributed by atoms with Gasteiger partial charge in [-0.15, -0.1) is 0 Å². The summed E-state index contributed by atoms with van der Waals surface area (Å²) >= 11 is 1.64. The number of hydrogen-bond donors (Lipinski definition) is 2. The van der Waals surface area contributed by atoms with Crippen molar-refractivity contribution in [2.45, 2.75) is 50.4 Å². The van der Waals surface area contributed by atoms with Crippen molar-refractivity contribution in [3.05, 3.63) is 18.0 Å². The van der Waals surface area contributed by atoms with Gasteiger partial charge >= 0.3 is 0 Å². The monoisotopic (exact) mass is 333 g/mol. The predicted molar refractivity (Wildman–Crippen MR) is 90.4 cm³/mol.